The number of carbonyl (C=O) groups excluding carboxylic acids is 2. The molecule has 1 aromatic rings. The fourth-order valence-electron chi connectivity index (χ4n) is 1.25. The molecule has 18 heavy (non-hydrogen) atoms. The molecule has 3 nitrogen and oxygen atoms in total. The molecule has 0 saturated heterocycles. The monoisotopic (exact) mass is 242 g/mol. The van der Waals surface area contributed by atoms with Crippen molar-refractivity contribution in [2.45, 2.75) is 19.8 Å². The molecule has 0 aromatic heterocycles. The Balaban J connectivity index is 2.33. The zero-order valence-corrected chi connectivity index (χ0v) is 10.2. The number of hydrogen-bond donors (Lipinski definition) is 0. The average Bonchev–Trinajstić information content (AvgIpc) is 2.41. The zero-order valence-electron chi connectivity index (χ0n) is 10.2. The predicted octanol–water partition coefficient (Wildman–Crippen LogP) is 2.57. The van der Waals surface area contributed by atoms with Gasteiger partial charge in [-0.05, 0) is 12.0 Å². The summed E-state index contributed by atoms with van der Waals surface area (Å²) in [6.07, 6.45) is 6.50. The van der Waals surface area contributed by atoms with E-state index in [1.165, 1.54) is 6.92 Å². The van der Waals surface area contributed by atoms with Crippen LogP contribution in [0.3, 0.4) is 0 Å². The minimum absolute atomic E-state index is 0.133. The van der Waals surface area contributed by atoms with E-state index in [0.29, 0.717) is 6.42 Å². The van der Waals surface area contributed by atoms with E-state index in [4.69, 9.17) is 0 Å². The quantitative estimate of drug-likeness (QED) is 0.453. The molecule has 0 aliphatic heterocycles. The van der Waals surface area contributed by atoms with Crippen molar-refractivity contribution in [2.24, 2.45) is 0 Å². The maximum Gasteiger partial charge on any atom is 0.388 e. The van der Waals surface area contributed by atoms with Gasteiger partial charge in [0.2, 0.25) is 5.78 Å². The fourth-order valence-corrected chi connectivity index (χ4v) is 1.25. The van der Waals surface area contributed by atoms with E-state index < -0.39 is 11.8 Å². The second-order valence-electron chi connectivity index (χ2n) is 3.52. The van der Waals surface area contributed by atoms with Gasteiger partial charge >= 0.3 is 5.97 Å². The van der Waals surface area contributed by atoms with Crippen molar-refractivity contribution in [1.82, 2.24) is 0 Å². The van der Waals surface area contributed by atoms with Gasteiger partial charge in [-0.1, -0.05) is 48.4 Å². The lowest BCUT2D eigenvalue weighted by molar-refractivity contribution is -0.148. The highest BCUT2D eigenvalue weighted by molar-refractivity contribution is 6.33. The van der Waals surface area contributed by atoms with E-state index in [1.54, 1.807) is 0 Å². The number of hydrogen-bond acceptors (Lipinski definition) is 3. The molecule has 0 N–H and O–H groups in total. The highest BCUT2D eigenvalue weighted by Crippen LogP contribution is 2.03. The standard InChI is InChI=1S/C15H14O3/c1-2-12-18-15(17)14(16)11-7-6-10-13-8-4-3-5-9-13/h3-6,8-10H,7,11H2,1H3/b10-6+. The molecule has 0 bridgehead atoms. The van der Waals surface area contributed by atoms with Crippen molar-refractivity contribution in [1.29, 1.82) is 0 Å². The Labute approximate surface area is 106 Å². The summed E-state index contributed by atoms with van der Waals surface area (Å²) in [7, 11) is 0. The van der Waals surface area contributed by atoms with Crippen LogP contribution in [-0.2, 0) is 14.3 Å². The van der Waals surface area contributed by atoms with Gasteiger partial charge in [0.1, 0.15) is 6.11 Å². The number of benzene rings is 1. The third-order valence-electron chi connectivity index (χ3n) is 2.12. The highest BCUT2D eigenvalue weighted by Gasteiger charge is 2.13. The molecule has 1 aromatic carbocycles. The summed E-state index contributed by atoms with van der Waals surface area (Å²) in [5, 5.41) is 0. The minimum atomic E-state index is -0.891. The smallest absolute Gasteiger partial charge is 0.366 e. The van der Waals surface area contributed by atoms with E-state index in [1.807, 2.05) is 42.5 Å². The molecule has 0 spiro atoms. The molecule has 0 unspecified atom stereocenters. The van der Waals surface area contributed by atoms with Crippen LogP contribution < -0.4 is 0 Å². The van der Waals surface area contributed by atoms with Gasteiger partial charge in [0.05, 0.1) is 0 Å². The molecule has 0 radical (unpaired) electrons. The maximum atomic E-state index is 11.3. The Morgan fingerprint density at radius 1 is 1.28 bits per heavy atom. The molecular formula is C15H14O3. The summed E-state index contributed by atoms with van der Waals surface area (Å²) in [6.45, 7) is 1.53. The second kappa shape index (κ2) is 7.86. The Kier molecular flexibility index (Phi) is 5.99. The molecular weight excluding hydrogens is 228 g/mol. The first kappa shape index (κ1) is 13.7. The summed E-state index contributed by atoms with van der Waals surface area (Å²) < 4.78 is 4.39. The van der Waals surface area contributed by atoms with Gasteiger partial charge in [-0.2, -0.15) is 0 Å². The lowest BCUT2D eigenvalue weighted by Gasteiger charge is -1.94. The third-order valence-corrected chi connectivity index (χ3v) is 2.12. The molecule has 0 atom stereocenters. The van der Waals surface area contributed by atoms with Crippen molar-refractivity contribution < 1.29 is 14.3 Å². The van der Waals surface area contributed by atoms with Crippen LogP contribution in [0.5, 0.6) is 0 Å². The Hall–Kier alpha value is -2.34. The van der Waals surface area contributed by atoms with Gasteiger partial charge in [0.15, 0.2) is 0 Å². The van der Waals surface area contributed by atoms with Crippen molar-refractivity contribution in [3.05, 3.63) is 42.0 Å². The first-order valence-electron chi connectivity index (χ1n) is 5.61. The van der Waals surface area contributed by atoms with E-state index in [2.05, 4.69) is 16.8 Å². The SMILES string of the molecule is CC#COC(=O)C(=O)CC/C=C/c1ccccc1. The number of rotatable bonds is 5. The van der Waals surface area contributed by atoms with Crippen molar-refractivity contribution in [3.8, 4) is 12.0 Å². The number of esters is 1. The van der Waals surface area contributed by atoms with Crippen LogP contribution >= 0.6 is 0 Å². The first-order valence-corrected chi connectivity index (χ1v) is 5.61. The Bertz CT molecular complexity index is 489. The highest BCUT2D eigenvalue weighted by atomic mass is 16.5. The second-order valence-corrected chi connectivity index (χ2v) is 3.52. The predicted molar refractivity (Wildman–Crippen MR) is 69.3 cm³/mol. The van der Waals surface area contributed by atoms with Crippen molar-refractivity contribution in [3.63, 3.8) is 0 Å². The largest absolute Gasteiger partial charge is 0.388 e. The molecule has 0 aliphatic rings. The summed E-state index contributed by atoms with van der Waals surface area (Å²) in [5.74, 6) is 0.932. The number of ether oxygens (including phenoxy) is 1. The van der Waals surface area contributed by atoms with Crippen LogP contribution in [-0.4, -0.2) is 11.8 Å². The van der Waals surface area contributed by atoms with Gasteiger partial charge in [-0.15, -0.1) is 0 Å². The zero-order chi connectivity index (χ0) is 13.2. The van der Waals surface area contributed by atoms with Gasteiger partial charge in [-0.3, -0.25) is 4.79 Å². The molecule has 3 heteroatoms. The van der Waals surface area contributed by atoms with E-state index >= 15 is 0 Å². The Morgan fingerprint density at radius 3 is 2.67 bits per heavy atom. The number of Topliss-reactive ketones (excluding diaryl/α,β-unsaturated/α-hetero) is 1. The average molecular weight is 242 g/mol. The summed E-state index contributed by atoms with van der Waals surface area (Å²) in [5.41, 5.74) is 1.06. The number of ketones is 1. The number of carbonyl (C=O) groups is 2. The van der Waals surface area contributed by atoms with Crippen LogP contribution in [0.25, 0.3) is 6.08 Å². The van der Waals surface area contributed by atoms with E-state index in [9.17, 15) is 9.59 Å². The van der Waals surface area contributed by atoms with E-state index in [0.717, 1.165) is 5.56 Å². The normalized spacial score (nSPS) is 9.61. The summed E-state index contributed by atoms with van der Waals surface area (Å²) in [6, 6.07) is 9.73. The molecule has 0 aliphatic carbocycles. The fraction of sp³-hybridized carbons (Fsp3) is 0.200. The van der Waals surface area contributed by atoms with E-state index in [-0.39, 0.29) is 6.42 Å². The van der Waals surface area contributed by atoms with Crippen LogP contribution in [0.4, 0.5) is 0 Å². The molecule has 0 saturated carbocycles. The van der Waals surface area contributed by atoms with Crippen molar-refractivity contribution >= 4 is 17.8 Å². The summed E-state index contributed by atoms with van der Waals surface area (Å²) in [4.78, 5) is 22.4. The lowest BCUT2D eigenvalue weighted by atomic mass is 10.1. The molecule has 0 heterocycles. The lowest BCUT2D eigenvalue weighted by Crippen LogP contribution is -2.14. The van der Waals surface area contributed by atoms with Gasteiger partial charge in [0.25, 0.3) is 0 Å². The van der Waals surface area contributed by atoms with Crippen LogP contribution in [0.2, 0.25) is 0 Å². The summed E-state index contributed by atoms with van der Waals surface area (Å²) >= 11 is 0. The topological polar surface area (TPSA) is 43.4 Å². The van der Waals surface area contributed by atoms with Crippen LogP contribution in [0.1, 0.15) is 25.3 Å². The molecule has 1 rings (SSSR count). The number of allylic oxidation sites excluding steroid dienone is 1. The maximum absolute atomic E-state index is 11.3. The minimum Gasteiger partial charge on any atom is -0.366 e. The molecule has 0 fully saturated rings. The van der Waals surface area contributed by atoms with Crippen LogP contribution in [0, 0.1) is 12.0 Å². The van der Waals surface area contributed by atoms with Crippen molar-refractivity contribution in [2.75, 3.05) is 0 Å². The Morgan fingerprint density at radius 2 is 2.00 bits per heavy atom. The molecule has 0 amide bonds. The first-order chi connectivity index (χ1) is 8.74. The van der Waals surface area contributed by atoms with Crippen LogP contribution in [0.15, 0.2) is 36.4 Å². The molecule has 92 valence electrons. The van der Waals surface area contributed by atoms with Gasteiger partial charge in [-0.25, -0.2) is 4.79 Å². The third kappa shape index (κ3) is 5.13. The van der Waals surface area contributed by atoms with Gasteiger partial charge < -0.3 is 4.74 Å². The van der Waals surface area contributed by atoms with Gasteiger partial charge in [0, 0.05) is 13.3 Å².